The van der Waals surface area contributed by atoms with Crippen LogP contribution in [0.2, 0.25) is 0 Å². The number of hydrogen-bond acceptors (Lipinski definition) is 7. The quantitative estimate of drug-likeness (QED) is 0.751. The Hall–Kier alpha value is -1.29. The minimum atomic E-state index is -3.49. The largest absolute Gasteiger partial charge is 0.343 e. The number of hydrogen-bond donors (Lipinski definition) is 2. The van der Waals surface area contributed by atoms with Crippen LogP contribution < -0.4 is 10.0 Å². The second-order valence-electron chi connectivity index (χ2n) is 4.45. The van der Waals surface area contributed by atoms with Gasteiger partial charge in [0.05, 0.1) is 0 Å². The Morgan fingerprint density at radius 2 is 2.24 bits per heavy atom. The van der Waals surface area contributed by atoms with Gasteiger partial charge in [-0.25, -0.2) is 13.1 Å². The van der Waals surface area contributed by atoms with Crippen molar-refractivity contribution in [1.29, 1.82) is 0 Å². The average molecular weight is 330 g/mol. The molecule has 21 heavy (non-hydrogen) atoms. The molecule has 2 aromatic rings. The van der Waals surface area contributed by atoms with Gasteiger partial charge in [0.25, 0.3) is 0 Å². The second kappa shape index (κ2) is 7.12. The maximum atomic E-state index is 12.2. The van der Waals surface area contributed by atoms with E-state index in [1.807, 2.05) is 13.8 Å². The van der Waals surface area contributed by atoms with Crippen molar-refractivity contribution in [1.82, 2.24) is 20.2 Å². The minimum absolute atomic E-state index is 0.237. The van der Waals surface area contributed by atoms with Crippen LogP contribution in [0, 0.1) is 6.92 Å². The Balaban J connectivity index is 1.98. The first-order chi connectivity index (χ1) is 10.0. The van der Waals surface area contributed by atoms with E-state index in [4.69, 9.17) is 0 Å². The Morgan fingerprint density at radius 1 is 1.43 bits per heavy atom. The summed E-state index contributed by atoms with van der Waals surface area (Å²) in [6.07, 6.45) is 1.61. The van der Waals surface area contributed by atoms with Gasteiger partial charge in [-0.05, 0) is 25.1 Å². The molecule has 0 bridgehead atoms. The molecule has 116 valence electrons. The summed E-state index contributed by atoms with van der Waals surface area (Å²) in [6, 6.07) is 1.70. The zero-order valence-corrected chi connectivity index (χ0v) is 13.6. The summed E-state index contributed by atoms with van der Waals surface area (Å²) in [5, 5.41) is 6.83. The summed E-state index contributed by atoms with van der Waals surface area (Å²) in [5.41, 5.74) is 0.986. The summed E-state index contributed by atoms with van der Waals surface area (Å²) in [5.74, 6) is 0.480. The number of sulfonamides is 1. The standard InChI is InChI=1S/C12H18N4O3S2/c1-3-13-7-10-9(2)6-12(20-10)21(17,18)15-5-4-11-14-8-19-16-11/h6,8,13,15H,3-5,7H2,1-2H3. The molecular formula is C12H18N4O3S2. The Labute approximate surface area is 127 Å². The number of nitrogens with zero attached hydrogens (tertiary/aromatic N) is 2. The lowest BCUT2D eigenvalue weighted by atomic mass is 10.3. The first kappa shape index (κ1) is 16.1. The van der Waals surface area contributed by atoms with Gasteiger partial charge in [-0.1, -0.05) is 12.1 Å². The molecule has 0 aliphatic heterocycles. The van der Waals surface area contributed by atoms with E-state index in [0.717, 1.165) is 17.0 Å². The molecule has 0 saturated heterocycles. The zero-order chi connectivity index (χ0) is 15.3. The maximum absolute atomic E-state index is 12.2. The van der Waals surface area contributed by atoms with Gasteiger partial charge in [-0.15, -0.1) is 11.3 Å². The van der Waals surface area contributed by atoms with E-state index in [9.17, 15) is 8.42 Å². The Morgan fingerprint density at radius 3 is 2.90 bits per heavy atom. The fourth-order valence-corrected chi connectivity index (χ4v) is 4.34. The summed E-state index contributed by atoms with van der Waals surface area (Å²) in [7, 11) is -3.49. The molecule has 0 spiro atoms. The van der Waals surface area contributed by atoms with Gasteiger partial charge in [0.15, 0.2) is 5.82 Å². The van der Waals surface area contributed by atoms with Crippen LogP contribution in [0.3, 0.4) is 0 Å². The third-order valence-electron chi connectivity index (χ3n) is 2.85. The fourth-order valence-electron chi connectivity index (χ4n) is 1.71. The van der Waals surface area contributed by atoms with Crippen molar-refractivity contribution < 1.29 is 12.9 Å². The van der Waals surface area contributed by atoms with E-state index in [1.54, 1.807) is 6.07 Å². The molecule has 2 heterocycles. The van der Waals surface area contributed by atoms with Crippen LogP contribution in [0.1, 0.15) is 23.2 Å². The van der Waals surface area contributed by atoms with Crippen molar-refractivity contribution in [3.8, 4) is 0 Å². The smallest absolute Gasteiger partial charge is 0.250 e. The Kier molecular flexibility index (Phi) is 5.45. The SMILES string of the molecule is CCNCc1sc(S(=O)(=O)NCCc2ncon2)cc1C. The predicted octanol–water partition coefficient (Wildman–Crippen LogP) is 1.07. The van der Waals surface area contributed by atoms with Gasteiger partial charge in [0, 0.05) is 24.4 Å². The van der Waals surface area contributed by atoms with Crippen molar-refractivity contribution in [2.24, 2.45) is 0 Å². The summed E-state index contributed by atoms with van der Waals surface area (Å²) in [6.45, 7) is 5.71. The summed E-state index contributed by atoms with van der Waals surface area (Å²) >= 11 is 1.29. The van der Waals surface area contributed by atoms with Crippen molar-refractivity contribution in [3.05, 3.63) is 28.7 Å². The van der Waals surface area contributed by atoms with Crippen LogP contribution in [-0.2, 0) is 23.0 Å². The van der Waals surface area contributed by atoms with Crippen molar-refractivity contribution in [2.75, 3.05) is 13.1 Å². The summed E-state index contributed by atoms with van der Waals surface area (Å²) in [4.78, 5) is 4.88. The molecule has 9 heteroatoms. The number of aromatic nitrogens is 2. The third-order valence-corrected chi connectivity index (χ3v) is 6.02. The van der Waals surface area contributed by atoms with Gasteiger partial charge in [-0.2, -0.15) is 4.98 Å². The van der Waals surface area contributed by atoms with E-state index in [1.165, 1.54) is 17.7 Å². The van der Waals surface area contributed by atoms with Crippen LogP contribution in [-0.4, -0.2) is 31.6 Å². The van der Waals surface area contributed by atoms with Crippen molar-refractivity contribution in [3.63, 3.8) is 0 Å². The van der Waals surface area contributed by atoms with Gasteiger partial charge in [0.1, 0.15) is 4.21 Å². The maximum Gasteiger partial charge on any atom is 0.250 e. The molecule has 0 aliphatic rings. The van der Waals surface area contributed by atoms with Gasteiger partial charge in [0.2, 0.25) is 16.4 Å². The number of thiophene rings is 1. The van der Waals surface area contributed by atoms with Crippen LogP contribution in [0.15, 0.2) is 21.2 Å². The van der Waals surface area contributed by atoms with Gasteiger partial charge in [-0.3, -0.25) is 0 Å². The highest BCUT2D eigenvalue weighted by Crippen LogP contribution is 2.25. The topological polar surface area (TPSA) is 97.1 Å². The first-order valence-electron chi connectivity index (χ1n) is 6.58. The number of nitrogens with one attached hydrogen (secondary N) is 2. The lowest BCUT2D eigenvalue weighted by Gasteiger charge is -2.02. The molecule has 0 radical (unpaired) electrons. The predicted molar refractivity (Wildman–Crippen MR) is 79.6 cm³/mol. The first-order valence-corrected chi connectivity index (χ1v) is 8.88. The van der Waals surface area contributed by atoms with E-state index >= 15 is 0 Å². The third kappa shape index (κ3) is 4.34. The molecule has 0 saturated carbocycles. The van der Waals surface area contributed by atoms with Gasteiger partial charge < -0.3 is 9.84 Å². The second-order valence-corrected chi connectivity index (χ2v) is 7.58. The fraction of sp³-hybridized carbons (Fsp3) is 0.500. The monoisotopic (exact) mass is 330 g/mol. The zero-order valence-electron chi connectivity index (χ0n) is 11.9. The molecule has 0 unspecified atom stereocenters. The lowest BCUT2D eigenvalue weighted by molar-refractivity contribution is 0.410. The van der Waals surface area contributed by atoms with Gasteiger partial charge >= 0.3 is 0 Å². The number of rotatable bonds is 8. The highest BCUT2D eigenvalue weighted by molar-refractivity contribution is 7.91. The van der Waals surface area contributed by atoms with E-state index in [0.29, 0.717) is 23.0 Å². The highest BCUT2D eigenvalue weighted by Gasteiger charge is 2.18. The minimum Gasteiger partial charge on any atom is -0.343 e. The molecule has 2 aromatic heterocycles. The molecule has 2 N–H and O–H groups in total. The molecule has 0 atom stereocenters. The molecule has 0 amide bonds. The average Bonchev–Trinajstić information content (AvgIpc) is 3.06. The molecular weight excluding hydrogens is 312 g/mol. The van der Waals surface area contributed by atoms with E-state index in [2.05, 4.69) is 24.7 Å². The lowest BCUT2D eigenvalue weighted by Crippen LogP contribution is -2.25. The molecule has 0 aromatic carbocycles. The number of aryl methyl sites for hydroxylation is 1. The molecule has 0 fully saturated rings. The highest BCUT2D eigenvalue weighted by atomic mass is 32.2. The molecule has 0 aliphatic carbocycles. The van der Waals surface area contributed by atoms with Crippen LogP contribution in [0.4, 0.5) is 0 Å². The van der Waals surface area contributed by atoms with Crippen LogP contribution in [0.25, 0.3) is 0 Å². The normalized spacial score (nSPS) is 11.9. The van der Waals surface area contributed by atoms with Crippen molar-refractivity contribution >= 4 is 21.4 Å². The van der Waals surface area contributed by atoms with Crippen molar-refractivity contribution in [2.45, 2.75) is 31.0 Å². The van der Waals surface area contributed by atoms with Crippen LogP contribution >= 0.6 is 11.3 Å². The Bertz CT molecular complexity index is 665. The molecule has 2 rings (SSSR count). The van der Waals surface area contributed by atoms with E-state index in [-0.39, 0.29) is 6.54 Å². The van der Waals surface area contributed by atoms with Crippen LogP contribution in [0.5, 0.6) is 0 Å². The summed E-state index contributed by atoms with van der Waals surface area (Å²) < 4.78 is 31.9. The van der Waals surface area contributed by atoms with E-state index < -0.39 is 10.0 Å². The molecule has 7 nitrogen and oxygen atoms in total.